The van der Waals surface area contributed by atoms with Crippen molar-refractivity contribution in [2.75, 3.05) is 12.3 Å². The summed E-state index contributed by atoms with van der Waals surface area (Å²) < 4.78 is 0. The maximum atomic E-state index is 11.6. The SMILES string of the molecule is CCCCC=C=CCC(=O)N(CCS)C(C)=O. The Morgan fingerprint density at radius 2 is 2.06 bits per heavy atom. The fourth-order valence-electron chi connectivity index (χ4n) is 1.29. The van der Waals surface area contributed by atoms with Crippen LogP contribution in [-0.2, 0) is 9.59 Å². The van der Waals surface area contributed by atoms with Gasteiger partial charge in [-0.2, -0.15) is 12.6 Å². The molecule has 0 aromatic rings. The Kier molecular flexibility index (Phi) is 9.59. The highest BCUT2D eigenvalue weighted by Crippen LogP contribution is 1.98. The lowest BCUT2D eigenvalue weighted by atomic mass is 10.2. The maximum Gasteiger partial charge on any atom is 0.233 e. The van der Waals surface area contributed by atoms with Gasteiger partial charge in [0, 0.05) is 19.2 Å². The third kappa shape index (κ3) is 7.83. The second kappa shape index (κ2) is 10.2. The van der Waals surface area contributed by atoms with E-state index in [1.165, 1.54) is 11.8 Å². The van der Waals surface area contributed by atoms with Crippen molar-refractivity contribution in [3.63, 3.8) is 0 Å². The molecule has 0 rings (SSSR count). The second-order valence-corrected chi connectivity index (χ2v) is 4.16. The summed E-state index contributed by atoms with van der Waals surface area (Å²) in [6, 6.07) is 0. The van der Waals surface area contributed by atoms with Crippen molar-refractivity contribution in [2.45, 2.75) is 39.5 Å². The molecule has 0 heterocycles. The first kappa shape index (κ1) is 16.0. The van der Waals surface area contributed by atoms with Crippen LogP contribution in [-0.4, -0.2) is 29.0 Å². The van der Waals surface area contributed by atoms with Crippen molar-refractivity contribution in [3.8, 4) is 0 Å². The third-order valence-corrected chi connectivity index (χ3v) is 2.42. The van der Waals surface area contributed by atoms with Gasteiger partial charge < -0.3 is 0 Å². The molecular formula is C13H21NO2S. The van der Waals surface area contributed by atoms with Crippen LogP contribution in [0.5, 0.6) is 0 Å². The van der Waals surface area contributed by atoms with Crippen LogP contribution in [0.3, 0.4) is 0 Å². The Labute approximate surface area is 109 Å². The number of thiol groups is 1. The van der Waals surface area contributed by atoms with Crippen molar-refractivity contribution in [1.82, 2.24) is 4.90 Å². The van der Waals surface area contributed by atoms with E-state index in [2.05, 4.69) is 25.3 Å². The van der Waals surface area contributed by atoms with Crippen LogP contribution in [0.1, 0.15) is 39.5 Å². The molecule has 0 aliphatic carbocycles. The fraction of sp³-hybridized carbons (Fsp3) is 0.615. The summed E-state index contributed by atoms with van der Waals surface area (Å²) in [4.78, 5) is 24.0. The smallest absolute Gasteiger partial charge is 0.233 e. The summed E-state index contributed by atoms with van der Waals surface area (Å²) in [5.74, 6) is 0.0665. The van der Waals surface area contributed by atoms with Crippen molar-refractivity contribution in [3.05, 3.63) is 17.9 Å². The third-order valence-electron chi connectivity index (χ3n) is 2.22. The summed E-state index contributed by atoms with van der Waals surface area (Å²) in [6.45, 7) is 3.89. The van der Waals surface area contributed by atoms with Gasteiger partial charge in [0.05, 0.1) is 6.42 Å². The molecule has 0 aliphatic heterocycles. The number of hydrogen-bond acceptors (Lipinski definition) is 3. The number of hydrogen-bond donors (Lipinski definition) is 1. The molecule has 0 saturated carbocycles. The van der Waals surface area contributed by atoms with Crippen LogP contribution in [0.15, 0.2) is 17.9 Å². The van der Waals surface area contributed by atoms with Gasteiger partial charge in [0.15, 0.2) is 0 Å². The highest BCUT2D eigenvalue weighted by atomic mass is 32.1. The molecule has 4 heteroatoms. The number of carbonyl (C=O) groups is 2. The van der Waals surface area contributed by atoms with Gasteiger partial charge in [-0.25, -0.2) is 0 Å². The number of carbonyl (C=O) groups excluding carboxylic acids is 2. The standard InChI is InChI=1S/C13H21NO2S/c1-3-4-5-6-7-8-9-13(16)14(10-11-17)12(2)15/h6,8,17H,3-5,9-11H2,1-2H3. The summed E-state index contributed by atoms with van der Waals surface area (Å²) in [6.07, 6.45) is 7.08. The van der Waals surface area contributed by atoms with Crippen molar-refractivity contribution >= 4 is 24.4 Å². The Morgan fingerprint density at radius 1 is 1.35 bits per heavy atom. The molecule has 0 unspecified atom stereocenters. The Morgan fingerprint density at radius 3 is 2.59 bits per heavy atom. The number of imide groups is 1. The molecule has 0 aromatic carbocycles. The molecule has 96 valence electrons. The average Bonchev–Trinajstić information content (AvgIpc) is 2.29. The topological polar surface area (TPSA) is 37.4 Å². The molecule has 17 heavy (non-hydrogen) atoms. The first-order valence-electron chi connectivity index (χ1n) is 5.94. The Balaban J connectivity index is 4.13. The Hall–Kier alpha value is -0.990. The van der Waals surface area contributed by atoms with Gasteiger partial charge in [-0.1, -0.05) is 13.3 Å². The van der Waals surface area contributed by atoms with E-state index in [0.29, 0.717) is 12.3 Å². The first-order chi connectivity index (χ1) is 8.13. The molecule has 0 atom stereocenters. The van der Waals surface area contributed by atoms with E-state index in [1.807, 2.05) is 6.08 Å². The largest absolute Gasteiger partial charge is 0.282 e. The monoisotopic (exact) mass is 255 g/mol. The van der Waals surface area contributed by atoms with Crippen LogP contribution in [0.4, 0.5) is 0 Å². The molecule has 2 amide bonds. The minimum absolute atomic E-state index is 0.192. The van der Waals surface area contributed by atoms with Gasteiger partial charge in [0.25, 0.3) is 0 Å². The maximum absolute atomic E-state index is 11.6. The normalized spacial score (nSPS) is 9.35. The van der Waals surface area contributed by atoms with E-state index in [0.717, 1.165) is 19.3 Å². The number of amides is 2. The van der Waals surface area contributed by atoms with Gasteiger partial charge in [-0.05, 0) is 25.0 Å². The van der Waals surface area contributed by atoms with E-state index < -0.39 is 0 Å². The number of nitrogens with zero attached hydrogens (tertiary/aromatic N) is 1. The van der Waals surface area contributed by atoms with Crippen LogP contribution >= 0.6 is 12.6 Å². The molecule has 0 saturated heterocycles. The van der Waals surface area contributed by atoms with Crippen LogP contribution < -0.4 is 0 Å². The van der Waals surface area contributed by atoms with Gasteiger partial charge >= 0.3 is 0 Å². The zero-order valence-electron chi connectivity index (χ0n) is 10.6. The average molecular weight is 255 g/mol. The summed E-state index contributed by atoms with van der Waals surface area (Å²) in [5.41, 5.74) is 2.96. The second-order valence-electron chi connectivity index (χ2n) is 3.71. The fourth-order valence-corrected chi connectivity index (χ4v) is 1.49. The van der Waals surface area contributed by atoms with Crippen molar-refractivity contribution in [1.29, 1.82) is 0 Å². The zero-order chi connectivity index (χ0) is 13.1. The lowest BCUT2D eigenvalue weighted by Gasteiger charge is -2.16. The summed E-state index contributed by atoms with van der Waals surface area (Å²) in [7, 11) is 0. The van der Waals surface area contributed by atoms with Gasteiger partial charge in [0.2, 0.25) is 11.8 Å². The van der Waals surface area contributed by atoms with E-state index in [-0.39, 0.29) is 18.2 Å². The molecule has 0 spiro atoms. The molecule has 0 fully saturated rings. The number of unbranched alkanes of at least 4 members (excludes halogenated alkanes) is 2. The van der Waals surface area contributed by atoms with Gasteiger partial charge in [-0.3, -0.25) is 14.5 Å². The highest BCUT2D eigenvalue weighted by Gasteiger charge is 2.14. The lowest BCUT2D eigenvalue weighted by Crippen LogP contribution is -2.36. The van der Waals surface area contributed by atoms with Crippen LogP contribution in [0.25, 0.3) is 0 Å². The summed E-state index contributed by atoms with van der Waals surface area (Å²) in [5, 5.41) is 0. The number of rotatable bonds is 7. The predicted octanol–water partition coefficient (Wildman–Crippen LogP) is 2.58. The molecule has 0 aromatic heterocycles. The quantitative estimate of drug-likeness (QED) is 0.431. The Bertz CT molecular complexity index is 307. The molecule has 0 aliphatic rings. The van der Waals surface area contributed by atoms with E-state index in [9.17, 15) is 9.59 Å². The molecule has 3 nitrogen and oxygen atoms in total. The van der Waals surface area contributed by atoms with Crippen LogP contribution in [0, 0.1) is 0 Å². The minimum Gasteiger partial charge on any atom is -0.282 e. The van der Waals surface area contributed by atoms with Crippen molar-refractivity contribution < 1.29 is 9.59 Å². The van der Waals surface area contributed by atoms with Crippen molar-refractivity contribution in [2.24, 2.45) is 0 Å². The van der Waals surface area contributed by atoms with E-state index >= 15 is 0 Å². The first-order valence-corrected chi connectivity index (χ1v) is 6.57. The van der Waals surface area contributed by atoms with Crippen LogP contribution in [0.2, 0.25) is 0 Å². The van der Waals surface area contributed by atoms with E-state index in [4.69, 9.17) is 0 Å². The zero-order valence-corrected chi connectivity index (χ0v) is 11.5. The van der Waals surface area contributed by atoms with Gasteiger partial charge in [-0.15, -0.1) is 5.73 Å². The molecule has 0 radical (unpaired) electrons. The summed E-state index contributed by atoms with van der Waals surface area (Å²) >= 11 is 4.02. The van der Waals surface area contributed by atoms with E-state index in [1.54, 1.807) is 6.08 Å². The lowest BCUT2D eigenvalue weighted by molar-refractivity contribution is -0.142. The predicted molar refractivity (Wildman–Crippen MR) is 73.0 cm³/mol. The highest BCUT2D eigenvalue weighted by molar-refractivity contribution is 7.80. The molecule has 0 bridgehead atoms. The molecule has 0 N–H and O–H groups in total. The minimum atomic E-state index is -0.229. The van der Waals surface area contributed by atoms with Gasteiger partial charge in [0.1, 0.15) is 0 Å². The molecular weight excluding hydrogens is 234 g/mol.